The normalized spacial score (nSPS) is 15.4. The number of thiocarbonyl (C=S) groups is 1. The molecule has 1 aliphatic rings. The second-order valence-corrected chi connectivity index (χ2v) is 5.28. The van der Waals surface area contributed by atoms with Crippen molar-refractivity contribution in [3.63, 3.8) is 0 Å². The number of ether oxygens (including phenoxy) is 1. The van der Waals surface area contributed by atoms with Crippen LogP contribution >= 0.6 is 12.2 Å². The zero-order chi connectivity index (χ0) is 16.4. The van der Waals surface area contributed by atoms with Crippen molar-refractivity contribution >= 4 is 35.1 Å². The zero-order valence-corrected chi connectivity index (χ0v) is 13.2. The van der Waals surface area contributed by atoms with Gasteiger partial charge < -0.3 is 14.5 Å². The predicted molar refractivity (Wildman–Crippen MR) is 92.0 cm³/mol. The molecule has 1 saturated heterocycles. The lowest BCUT2D eigenvalue weighted by Crippen LogP contribution is -2.21. The molecule has 23 heavy (non-hydrogen) atoms. The highest BCUT2D eigenvalue weighted by Gasteiger charge is 2.20. The molecule has 1 fully saturated rings. The third-order valence-corrected chi connectivity index (χ3v) is 3.55. The molecule has 0 atom stereocenters. The van der Waals surface area contributed by atoms with Gasteiger partial charge in [-0.25, -0.2) is 0 Å². The van der Waals surface area contributed by atoms with E-state index in [4.69, 9.17) is 21.4 Å². The first-order chi connectivity index (χ1) is 11.1. The molecule has 1 aromatic heterocycles. The number of amides is 1. The van der Waals surface area contributed by atoms with E-state index < -0.39 is 0 Å². The topological polar surface area (TPSA) is 63.5 Å². The lowest BCUT2D eigenvalue weighted by Gasteiger charge is -2.05. The van der Waals surface area contributed by atoms with Crippen LogP contribution in [0, 0.1) is 0 Å². The second-order valence-electron chi connectivity index (χ2n) is 4.88. The van der Waals surface area contributed by atoms with Crippen molar-refractivity contribution in [3.05, 3.63) is 60.0 Å². The minimum absolute atomic E-state index is 0.272. The number of methoxy groups -OCH3 is 1. The van der Waals surface area contributed by atoms with Gasteiger partial charge in [0.15, 0.2) is 5.11 Å². The molecule has 1 aromatic carbocycles. The Kier molecular flexibility index (Phi) is 3.99. The van der Waals surface area contributed by atoms with Gasteiger partial charge in [0.25, 0.3) is 5.91 Å². The molecule has 0 bridgehead atoms. The minimum Gasteiger partial charge on any atom is -0.497 e. The first kappa shape index (κ1) is 15.1. The summed E-state index contributed by atoms with van der Waals surface area (Å²) in [5.41, 5.74) is 2.13. The fraction of sp³-hybridized carbons (Fsp3) is 0.0588. The fourth-order valence-corrected chi connectivity index (χ4v) is 2.38. The number of furan rings is 1. The number of hydrogen-bond donors (Lipinski definition) is 2. The average molecular weight is 326 g/mol. The van der Waals surface area contributed by atoms with Gasteiger partial charge in [-0.2, -0.15) is 0 Å². The first-order valence-corrected chi connectivity index (χ1v) is 7.25. The molecule has 0 saturated carbocycles. The maximum Gasteiger partial charge on any atom is 0.274 e. The molecule has 2 aromatic rings. The van der Waals surface area contributed by atoms with Crippen LogP contribution in [0.25, 0.3) is 23.2 Å². The Balaban J connectivity index is 1.88. The quantitative estimate of drug-likeness (QED) is 0.514. The Morgan fingerprint density at radius 2 is 2.13 bits per heavy atom. The van der Waals surface area contributed by atoms with Gasteiger partial charge >= 0.3 is 0 Å². The molecular formula is C17H14N2O3S. The van der Waals surface area contributed by atoms with E-state index in [1.807, 2.05) is 30.3 Å². The third kappa shape index (κ3) is 3.17. The Hall–Kier alpha value is -2.86. The lowest BCUT2D eigenvalue weighted by atomic mass is 10.1. The van der Waals surface area contributed by atoms with E-state index in [2.05, 4.69) is 17.2 Å². The van der Waals surface area contributed by atoms with Crippen LogP contribution < -0.4 is 10.6 Å². The van der Waals surface area contributed by atoms with Crippen LogP contribution in [-0.2, 0) is 9.53 Å². The van der Waals surface area contributed by atoms with Gasteiger partial charge in [-0.3, -0.25) is 10.1 Å². The average Bonchev–Trinajstić information content (AvgIpc) is 3.14. The van der Waals surface area contributed by atoms with Crippen molar-refractivity contribution in [2.24, 2.45) is 0 Å². The fourth-order valence-electron chi connectivity index (χ4n) is 2.17. The molecule has 0 unspecified atom stereocenters. The van der Waals surface area contributed by atoms with E-state index in [1.165, 1.54) is 0 Å². The Bertz CT molecular complexity index is 836. The van der Waals surface area contributed by atoms with E-state index in [0.29, 0.717) is 28.1 Å². The summed E-state index contributed by atoms with van der Waals surface area (Å²) in [5.74, 6) is 1.55. The molecule has 5 nitrogen and oxygen atoms in total. The highest BCUT2D eigenvalue weighted by Crippen LogP contribution is 2.26. The maximum atomic E-state index is 11.6. The highest BCUT2D eigenvalue weighted by molar-refractivity contribution is 7.80. The summed E-state index contributed by atoms with van der Waals surface area (Å²) in [6, 6.07) is 11.3. The summed E-state index contributed by atoms with van der Waals surface area (Å²) in [6.07, 6.45) is 1.61. The third-order valence-electron chi connectivity index (χ3n) is 3.35. The van der Waals surface area contributed by atoms with Crippen LogP contribution in [0.3, 0.4) is 0 Å². The van der Waals surface area contributed by atoms with Crippen molar-refractivity contribution in [1.82, 2.24) is 10.6 Å². The number of nitrogens with one attached hydrogen (secondary N) is 2. The summed E-state index contributed by atoms with van der Waals surface area (Å²) < 4.78 is 10.9. The number of carbonyl (C=O) groups is 1. The summed E-state index contributed by atoms with van der Waals surface area (Å²) in [7, 11) is 1.58. The molecule has 0 radical (unpaired) electrons. The summed E-state index contributed by atoms with van der Waals surface area (Å²) in [4.78, 5) is 11.6. The van der Waals surface area contributed by atoms with E-state index in [0.717, 1.165) is 11.1 Å². The van der Waals surface area contributed by atoms with Crippen LogP contribution in [0.15, 0.2) is 53.1 Å². The molecule has 2 N–H and O–H groups in total. The van der Waals surface area contributed by atoms with Gasteiger partial charge in [-0.1, -0.05) is 24.8 Å². The van der Waals surface area contributed by atoms with Crippen molar-refractivity contribution in [2.75, 3.05) is 7.11 Å². The molecule has 1 aliphatic heterocycles. The molecule has 0 spiro atoms. The zero-order valence-electron chi connectivity index (χ0n) is 12.4. The maximum absolute atomic E-state index is 11.6. The molecule has 6 heteroatoms. The Morgan fingerprint density at radius 3 is 2.83 bits per heavy atom. The molecule has 0 aliphatic carbocycles. The van der Waals surface area contributed by atoms with Crippen LogP contribution in [-0.4, -0.2) is 18.1 Å². The summed E-state index contributed by atoms with van der Waals surface area (Å²) >= 11 is 4.89. The van der Waals surface area contributed by atoms with Gasteiger partial charge in [-0.15, -0.1) is 0 Å². The van der Waals surface area contributed by atoms with E-state index in [1.54, 1.807) is 19.3 Å². The Morgan fingerprint density at radius 1 is 1.30 bits per heavy atom. The number of benzene rings is 1. The molecular weight excluding hydrogens is 312 g/mol. The number of rotatable bonds is 4. The van der Waals surface area contributed by atoms with Crippen LogP contribution in [0.4, 0.5) is 0 Å². The van der Waals surface area contributed by atoms with Crippen LogP contribution in [0.1, 0.15) is 11.3 Å². The lowest BCUT2D eigenvalue weighted by molar-refractivity contribution is -0.115. The molecule has 1 amide bonds. The van der Waals surface area contributed by atoms with Gasteiger partial charge in [0.05, 0.1) is 7.11 Å². The standard InChI is InChI=1S/C17H14N2O3S/c1-10(21-2)11-4-3-5-12(8-11)15-7-6-13(22-15)9-14-16(20)19-17(23)18-14/h3-9H,1H2,2H3,(H2,18,19,20,23). The van der Waals surface area contributed by atoms with E-state index >= 15 is 0 Å². The Labute approximate surface area is 138 Å². The van der Waals surface area contributed by atoms with Gasteiger partial charge in [0.2, 0.25) is 0 Å². The van der Waals surface area contributed by atoms with Crippen molar-refractivity contribution in [1.29, 1.82) is 0 Å². The van der Waals surface area contributed by atoms with Crippen molar-refractivity contribution in [3.8, 4) is 11.3 Å². The molecule has 2 heterocycles. The largest absolute Gasteiger partial charge is 0.497 e. The first-order valence-electron chi connectivity index (χ1n) is 6.84. The van der Waals surface area contributed by atoms with Crippen molar-refractivity contribution < 1.29 is 13.9 Å². The molecule has 116 valence electrons. The predicted octanol–water partition coefficient (Wildman–Crippen LogP) is 2.91. The van der Waals surface area contributed by atoms with Gasteiger partial charge in [-0.05, 0) is 30.4 Å². The number of hydrogen-bond acceptors (Lipinski definition) is 4. The van der Waals surface area contributed by atoms with E-state index in [-0.39, 0.29) is 5.91 Å². The summed E-state index contributed by atoms with van der Waals surface area (Å²) in [6.45, 7) is 3.84. The van der Waals surface area contributed by atoms with Gasteiger partial charge in [0.1, 0.15) is 23.0 Å². The number of carbonyl (C=O) groups excluding carboxylic acids is 1. The monoisotopic (exact) mass is 326 g/mol. The molecule has 3 rings (SSSR count). The van der Waals surface area contributed by atoms with Crippen LogP contribution in [0.5, 0.6) is 0 Å². The highest BCUT2D eigenvalue weighted by atomic mass is 32.1. The van der Waals surface area contributed by atoms with Crippen LogP contribution in [0.2, 0.25) is 0 Å². The summed E-state index contributed by atoms with van der Waals surface area (Å²) in [5, 5.41) is 5.57. The van der Waals surface area contributed by atoms with E-state index in [9.17, 15) is 4.79 Å². The second kappa shape index (κ2) is 6.10. The van der Waals surface area contributed by atoms with Crippen molar-refractivity contribution in [2.45, 2.75) is 0 Å². The SMILES string of the molecule is C=C(OC)c1cccc(-c2ccc(C=C3NC(=S)NC3=O)o2)c1. The minimum atomic E-state index is -0.272. The smallest absolute Gasteiger partial charge is 0.274 e. The van der Waals surface area contributed by atoms with Gasteiger partial charge in [0, 0.05) is 17.2 Å².